The van der Waals surface area contributed by atoms with Gasteiger partial charge in [-0.05, 0) is 24.1 Å². The SMILES string of the molecule is CC.CC(C)CNC(=O)c1ccc2c(c1)OCCO2. The molecular formula is C15H23NO3. The highest BCUT2D eigenvalue weighted by Crippen LogP contribution is 2.30. The van der Waals surface area contributed by atoms with Crippen LogP contribution in [0.15, 0.2) is 18.2 Å². The van der Waals surface area contributed by atoms with Crippen molar-refractivity contribution in [1.82, 2.24) is 5.32 Å². The lowest BCUT2D eigenvalue weighted by molar-refractivity contribution is 0.0947. The van der Waals surface area contributed by atoms with E-state index in [2.05, 4.69) is 19.2 Å². The Kier molecular flexibility index (Phi) is 6.19. The quantitative estimate of drug-likeness (QED) is 0.914. The smallest absolute Gasteiger partial charge is 0.251 e. The first-order valence-electron chi connectivity index (χ1n) is 6.84. The Morgan fingerprint density at radius 3 is 2.47 bits per heavy atom. The van der Waals surface area contributed by atoms with E-state index in [1.807, 2.05) is 13.8 Å². The molecule has 0 spiro atoms. The van der Waals surface area contributed by atoms with Crippen LogP contribution in [-0.4, -0.2) is 25.7 Å². The number of rotatable bonds is 3. The Hall–Kier alpha value is -1.71. The molecule has 0 fully saturated rings. The van der Waals surface area contributed by atoms with Gasteiger partial charge in [-0.1, -0.05) is 27.7 Å². The molecule has 0 saturated carbocycles. The van der Waals surface area contributed by atoms with Gasteiger partial charge in [0, 0.05) is 12.1 Å². The number of hydrogen-bond donors (Lipinski definition) is 1. The molecule has 106 valence electrons. The van der Waals surface area contributed by atoms with Crippen LogP contribution in [-0.2, 0) is 0 Å². The third-order valence-electron chi connectivity index (χ3n) is 2.48. The first-order valence-corrected chi connectivity index (χ1v) is 6.84. The van der Waals surface area contributed by atoms with Crippen LogP contribution in [0.5, 0.6) is 11.5 Å². The van der Waals surface area contributed by atoms with Crippen molar-refractivity contribution in [3.05, 3.63) is 23.8 Å². The van der Waals surface area contributed by atoms with E-state index in [1.54, 1.807) is 18.2 Å². The number of benzene rings is 1. The van der Waals surface area contributed by atoms with Crippen molar-refractivity contribution < 1.29 is 14.3 Å². The molecule has 1 amide bonds. The highest BCUT2D eigenvalue weighted by molar-refractivity contribution is 5.94. The van der Waals surface area contributed by atoms with Crippen LogP contribution in [0.1, 0.15) is 38.1 Å². The summed E-state index contributed by atoms with van der Waals surface area (Å²) in [6.45, 7) is 9.89. The molecule has 0 aromatic heterocycles. The Balaban J connectivity index is 0.000000861. The molecule has 0 radical (unpaired) electrons. The number of carbonyl (C=O) groups excluding carboxylic acids is 1. The Morgan fingerprint density at radius 2 is 1.84 bits per heavy atom. The van der Waals surface area contributed by atoms with Gasteiger partial charge >= 0.3 is 0 Å². The lowest BCUT2D eigenvalue weighted by Gasteiger charge is -2.18. The van der Waals surface area contributed by atoms with E-state index in [4.69, 9.17) is 9.47 Å². The summed E-state index contributed by atoms with van der Waals surface area (Å²) in [5, 5.41) is 2.87. The normalized spacial score (nSPS) is 12.5. The van der Waals surface area contributed by atoms with Crippen LogP contribution < -0.4 is 14.8 Å². The first kappa shape index (κ1) is 15.3. The molecule has 0 bridgehead atoms. The predicted octanol–water partition coefficient (Wildman–Crippen LogP) is 2.87. The van der Waals surface area contributed by atoms with E-state index >= 15 is 0 Å². The summed E-state index contributed by atoms with van der Waals surface area (Å²) in [6, 6.07) is 5.26. The van der Waals surface area contributed by atoms with Crippen molar-refractivity contribution in [2.75, 3.05) is 19.8 Å². The topological polar surface area (TPSA) is 47.6 Å². The third kappa shape index (κ3) is 4.47. The van der Waals surface area contributed by atoms with E-state index in [0.29, 0.717) is 42.7 Å². The van der Waals surface area contributed by atoms with Crippen LogP contribution in [0.2, 0.25) is 0 Å². The number of carbonyl (C=O) groups is 1. The fraction of sp³-hybridized carbons (Fsp3) is 0.533. The molecule has 4 nitrogen and oxygen atoms in total. The van der Waals surface area contributed by atoms with Crippen LogP contribution in [0, 0.1) is 5.92 Å². The molecule has 0 saturated heterocycles. The van der Waals surface area contributed by atoms with E-state index in [9.17, 15) is 4.79 Å². The fourth-order valence-electron chi connectivity index (χ4n) is 1.58. The zero-order chi connectivity index (χ0) is 14.3. The molecule has 1 heterocycles. The van der Waals surface area contributed by atoms with Crippen molar-refractivity contribution in [3.63, 3.8) is 0 Å². The minimum absolute atomic E-state index is 0.0735. The monoisotopic (exact) mass is 265 g/mol. The maximum atomic E-state index is 11.8. The molecule has 1 aliphatic rings. The molecule has 0 aliphatic carbocycles. The summed E-state index contributed by atoms with van der Waals surface area (Å²) in [4.78, 5) is 11.8. The molecule has 0 atom stereocenters. The van der Waals surface area contributed by atoms with Gasteiger partial charge in [0.05, 0.1) is 0 Å². The molecule has 19 heavy (non-hydrogen) atoms. The second kappa shape index (κ2) is 7.67. The maximum Gasteiger partial charge on any atom is 0.251 e. The summed E-state index contributed by atoms with van der Waals surface area (Å²) in [7, 11) is 0. The largest absolute Gasteiger partial charge is 0.486 e. The van der Waals surface area contributed by atoms with Crippen LogP contribution in [0.4, 0.5) is 0 Å². The predicted molar refractivity (Wildman–Crippen MR) is 76.0 cm³/mol. The van der Waals surface area contributed by atoms with E-state index in [1.165, 1.54) is 0 Å². The highest BCUT2D eigenvalue weighted by atomic mass is 16.6. The van der Waals surface area contributed by atoms with Gasteiger partial charge in [-0.15, -0.1) is 0 Å². The Labute approximate surface area is 115 Å². The second-order valence-electron chi connectivity index (χ2n) is 4.46. The van der Waals surface area contributed by atoms with E-state index in [0.717, 1.165) is 0 Å². The Morgan fingerprint density at radius 1 is 1.21 bits per heavy atom. The molecule has 1 N–H and O–H groups in total. The standard InChI is InChI=1S/C13H17NO3.C2H6/c1-9(2)8-14-13(15)10-3-4-11-12(7-10)17-6-5-16-11;1-2/h3-4,7,9H,5-6,8H2,1-2H3,(H,14,15);1-2H3. The molecule has 1 aromatic carbocycles. The van der Waals surface area contributed by atoms with Crippen LogP contribution in [0.25, 0.3) is 0 Å². The molecular weight excluding hydrogens is 242 g/mol. The number of fused-ring (bicyclic) bond motifs is 1. The maximum absolute atomic E-state index is 11.8. The van der Waals surface area contributed by atoms with Crippen molar-refractivity contribution in [2.45, 2.75) is 27.7 Å². The molecule has 4 heteroatoms. The lowest BCUT2D eigenvalue weighted by Crippen LogP contribution is -2.27. The van der Waals surface area contributed by atoms with Gasteiger partial charge in [-0.3, -0.25) is 4.79 Å². The fourth-order valence-corrected chi connectivity index (χ4v) is 1.58. The van der Waals surface area contributed by atoms with Gasteiger partial charge in [-0.25, -0.2) is 0 Å². The lowest BCUT2D eigenvalue weighted by atomic mass is 10.1. The number of ether oxygens (including phenoxy) is 2. The van der Waals surface area contributed by atoms with Gasteiger partial charge in [0.2, 0.25) is 0 Å². The van der Waals surface area contributed by atoms with Gasteiger partial charge in [0.1, 0.15) is 13.2 Å². The van der Waals surface area contributed by atoms with Gasteiger partial charge in [-0.2, -0.15) is 0 Å². The van der Waals surface area contributed by atoms with Crippen molar-refractivity contribution in [3.8, 4) is 11.5 Å². The van der Waals surface area contributed by atoms with Crippen LogP contribution >= 0.6 is 0 Å². The number of hydrogen-bond acceptors (Lipinski definition) is 3. The van der Waals surface area contributed by atoms with Crippen LogP contribution in [0.3, 0.4) is 0 Å². The highest BCUT2D eigenvalue weighted by Gasteiger charge is 2.14. The molecule has 1 aromatic rings. The summed E-state index contributed by atoms with van der Waals surface area (Å²) in [5.41, 5.74) is 0.606. The zero-order valence-corrected chi connectivity index (χ0v) is 12.2. The summed E-state index contributed by atoms with van der Waals surface area (Å²) in [6.07, 6.45) is 0. The molecule has 2 rings (SSSR count). The van der Waals surface area contributed by atoms with Crippen molar-refractivity contribution >= 4 is 5.91 Å². The first-order chi connectivity index (χ1) is 9.16. The summed E-state index contributed by atoms with van der Waals surface area (Å²) in [5.74, 6) is 1.72. The van der Waals surface area contributed by atoms with Crippen molar-refractivity contribution in [2.24, 2.45) is 5.92 Å². The van der Waals surface area contributed by atoms with Gasteiger partial charge in [0.25, 0.3) is 5.91 Å². The summed E-state index contributed by atoms with van der Waals surface area (Å²) >= 11 is 0. The number of amides is 1. The minimum Gasteiger partial charge on any atom is -0.486 e. The number of nitrogens with one attached hydrogen (secondary N) is 1. The second-order valence-corrected chi connectivity index (χ2v) is 4.46. The van der Waals surface area contributed by atoms with Gasteiger partial charge < -0.3 is 14.8 Å². The summed E-state index contributed by atoms with van der Waals surface area (Å²) < 4.78 is 10.8. The molecule has 1 aliphatic heterocycles. The van der Waals surface area contributed by atoms with E-state index < -0.39 is 0 Å². The van der Waals surface area contributed by atoms with Gasteiger partial charge in [0.15, 0.2) is 11.5 Å². The molecule has 0 unspecified atom stereocenters. The average Bonchev–Trinajstić information content (AvgIpc) is 2.46. The third-order valence-corrected chi connectivity index (χ3v) is 2.48. The van der Waals surface area contributed by atoms with Crippen molar-refractivity contribution in [1.29, 1.82) is 0 Å². The Bertz CT molecular complexity index is 416. The average molecular weight is 265 g/mol. The minimum atomic E-state index is -0.0735. The zero-order valence-electron chi connectivity index (χ0n) is 12.2. The van der Waals surface area contributed by atoms with E-state index in [-0.39, 0.29) is 5.91 Å².